The van der Waals surface area contributed by atoms with E-state index in [-0.39, 0.29) is 12.3 Å². The van der Waals surface area contributed by atoms with Crippen LogP contribution < -0.4 is 0 Å². The van der Waals surface area contributed by atoms with Crippen LogP contribution in [0.5, 0.6) is 0 Å². The summed E-state index contributed by atoms with van der Waals surface area (Å²) in [4.78, 5) is 12.5. The third kappa shape index (κ3) is 5.13. The topological polar surface area (TPSA) is 44.1 Å². The van der Waals surface area contributed by atoms with Crippen LogP contribution in [-0.4, -0.2) is 22.4 Å². The normalized spacial score (nSPS) is 12.1. The highest BCUT2D eigenvalue weighted by atomic mass is 35.5. The Morgan fingerprint density at radius 3 is 2.45 bits per heavy atom. The predicted molar refractivity (Wildman–Crippen MR) is 128 cm³/mol. The van der Waals surface area contributed by atoms with Gasteiger partial charge in [0, 0.05) is 16.1 Å². The van der Waals surface area contributed by atoms with Crippen molar-refractivity contribution in [3.63, 3.8) is 0 Å². The quantitative estimate of drug-likeness (QED) is 0.326. The van der Waals surface area contributed by atoms with Gasteiger partial charge in [0.1, 0.15) is 0 Å². The molecule has 0 radical (unpaired) electrons. The minimum Gasteiger partial charge on any atom is -0.461 e. The number of esters is 1. The van der Waals surface area contributed by atoms with Crippen molar-refractivity contribution in [2.75, 3.05) is 6.61 Å². The number of carbonyl (C=O) groups excluding carboxylic acids is 1. The Kier molecular flexibility index (Phi) is 7.79. The number of rotatable bonds is 8. The Labute approximate surface area is 194 Å². The number of hydrogen-bond acceptors (Lipinski definition) is 3. The molecule has 0 bridgehead atoms. The van der Waals surface area contributed by atoms with E-state index in [9.17, 15) is 4.79 Å². The molecule has 1 atom stereocenters. The lowest BCUT2D eigenvalue weighted by Crippen LogP contribution is -2.08. The van der Waals surface area contributed by atoms with Gasteiger partial charge >= 0.3 is 5.97 Å². The van der Waals surface area contributed by atoms with Crippen LogP contribution in [0.3, 0.4) is 0 Å². The van der Waals surface area contributed by atoms with Crippen molar-refractivity contribution in [1.29, 1.82) is 0 Å². The SMILES string of the molecule is CCCCC(C)c1ccc(-c2c(C)c(C(=O)OCC)nn2-c2ccc(Cl)cc2Cl)cc1. The van der Waals surface area contributed by atoms with E-state index < -0.39 is 5.97 Å². The van der Waals surface area contributed by atoms with E-state index in [0.717, 1.165) is 16.8 Å². The van der Waals surface area contributed by atoms with Gasteiger partial charge in [-0.15, -0.1) is 0 Å². The van der Waals surface area contributed by atoms with Crippen molar-refractivity contribution < 1.29 is 9.53 Å². The summed E-state index contributed by atoms with van der Waals surface area (Å²) in [5.41, 5.74) is 4.74. The van der Waals surface area contributed by atoms with Crippen LogP contribution in [0.2, 0.25) is 10.0 Å². The summed E-state index contributed by atoms with van der Waals surface area (Å²) in [7, 11) is 0. The van der Waals surface area contributed by atoms with Gasteiger partial charge in [-0.1, -0.05) is 74.2 Å². The van der Waals surface area contributed by atoms with Crippen molar-refractivity contribution in [3.8, 4) is 16.9 Å². The molecule has 0 spiro atoms. The lowest BCUT2D eigenvalue weighted by Gasteiger charge is -2.14. The maximum atomic E-state index is 12.5. The fourth-order valence-electron chi connectivity index (χ4n) is 3.70. The Morgan fingerprint density at radius 2 is 1.84 bits per heavy atom. The summed E-state index contributed by atoms with van der Waals surface area (Å²) in [6, 6.07) is 13.7. The zero-order valence-corrected chi connectivity index (χ0v) is 19.9. The van der Waals surface area contributed by atoms with Gasteiger partial charge in [-0.3, -0.25) is 0 Å². The van der Waals surface area contributed by atoms with Crippen LogP contribution in [0, 0.1) is 6.92 Å². The molecule has 2 aromatic carbocycles. The molecule has 1 unspecified atom stereocenters. The minimum atomic E-state index is -0.449. The summed E-state index contributed by atoms with van der Waals surface area (Å²) in [5, 5.41) is 5.57. The van der Waals surface area contributed by atoms with E-state index in [4.69, 9.17) is 27.9 Å². The minimum absolute atomic E-state index is 0.281. The molecule has 0 aliphatic heterocycles. The van der Waals surface area contributed by atoms with Crippen molar-refractivity contribution in [1.82, 2.24) is 9.78 Å². The number of ether oxygens (including phenoxy) is 1. The Balaban J connectivity index is 2.10. The van der Waals surface area contributed by atoms with Crippen molar-refractivity contribution in [2.45, 2.75) is 52.9 Å². The maximum absolute atomic E-state index is 12.5. The van der Waals surface area contributed by atoms with Gasteiger partial charge in [-0.2, -0.15) is 5.10 Å². The molecule has 164 valence electrons. The maximum Gasteiger partial charge on any atom is 0.359 e. The van der Waals surface area contributed by atoms with Crippen LogP contribution >= 0.6 is 23.2 Å². The molecule has 0 saturated carbocycles. The molecule has 0 fully saturated rings. The highest BCUT2D eigenvalue weighted by molar-refractivity contribution is 6.35. The number of carbonyl (C=O) groups is 1. The zero-order valence-electron chi connectivity index (χ0n) is 18.4. The summed E-state index contributed by atoms with van der Waals surface area (Å²) in [6.07, 6.45) is 3.58. The molecule has 3 aromatic rings. The first kappa shape index (κ1) is 23.4. The zero-order chi connectivity index (χ0) is 22.5. The van der Waals surface area contributed by atoms with E-state index in [1.54, 1.807) is 29.8 Å². The van der Waals surface area contributed by atoms with Crippen LogP contribution in [0.15, 0.2) is 42.5 Å². The van der Waals surface area contributed by atoms with E-state index in [2.05, 4.69) is 43.2 Å². The molecule has 1 aromatic heterocycles. The van der Waals surface area contributed by atoms with Crippen molar-refractivity contribution in [2.24, 2.45) is 0 Å². The molecule has 0 N–H and O–H groups in total. The monoisotopic (exact) mass is 458 g/mol. The Morgan fingerprint density at radius 1 is 1.13 bits per heavy atom. The second-order valence-corrected chi connectivity index (χ2v) is 8.56. The van der Waals surface area contributed by atoms with Gasteiger partial charge in [0.05, 0.1) is 23.0 Å². The Hall–Kier alpha value is -2.30. The Bertz CT molecular complexity index is 1060. The summed E-state index contributed by atoms with van der Waals surface area (Å²) >= 11 is 12.6. The molecular formula is C25H28Cl2N2O2. The fourth-order valence-corrected chi connectivity index (χ4v) is 4.19. The molecule has 4 nitrogen and oxygen atoms in total. The summed E-state index contributed by atoms with van der Waals surface area (Å²) in [5.74, 6) is 0.0516. The number of aromatic nitrogens is 2. The van der Waals surface area contributed by atoms with Crippen molar-refractivity contribution in [3.05, 3.63) is 69.3 Å². The summed E-state index contributed by atoms with van der Waals surface area (Å²) in [6.45, 7) is 8.41. The molecule has 1 heterocycles. The van der Waals surface area contributed by atoms with E-state index in [1.165, 1.54) is 24.8 Å². The third-order valence-corrected chi connectivity index (χ3v) is 6.01. The average molecular weight is 459 g/mol. The van der Waals surface area contributed by atoms with Crippen LogP contribution in [0.1, 0.15) is 67.6 Å². The molecule has 0 amide bonds. The van der Waals surface area contributed by atoms with Gasteiger partial charge in [0.25, 0.3) is 0 Å². The third-order valence-electron chi connectivity index (χ3n) is 5.47. The number of halogens is 2. The average Bonchev–Trinajstić information content (AvgIpc) is 3.09. The van der Waals surface area contributed by atoms with Crippen molar-refractivity contribution >= 4 is 29.2 Å². The van der Waals surface area contributed by atoms with Crippen LogP contribution in [0.25, 0.3) is 16.9 Å². The lowest BCUT2D eigenvalue weighted by atomic mass is 9.94. The highest BCUT2D eigenvalue weighted by Gasteiger charge is 2.24. The van der Waals surface area contributed by atoms with Gasteiger partial charge in [0.15, 0.2) is 5.69 Å². The number of unbranched alkanes of at least 4 members (excludes halogenated alkanes) is 1. The molecule has 31 heavy (non-hydrogen) atoms. The van der Waals surface area contributed by atoms with Gasteiger partial charge in [-0.25, -0.2) is 9.48 Å². The lowest BCUT2D eigenvalue weighted by molar-refractivity contribution is 0.0518. The highest BCUT2D eigenvalue weighted by Crippen LogP contribution is 2.34. The van der Waals surface area contributed by atoms with E-state index in [0.29, 0.717) is 21.7 Å². The number of nitrogens with zero attached hydrogens (tertiary/aromatic N) is 2. The second-order valence-electron chi connectivity index (χ2n) is 7.72. The molecule has 3 rings (SSSR count). The summed E-state index contributed by atoms with van der Waals surface area (Å²) < 4.78 is 6.92. The molecule has 0 aliphatic carbocycles. The van der Waals surface area contributed by atoms with Crippen LogP contribution in [0.4, 0.5) is 0 Å². The molecule has 0 saturated heterocycles. The number of hydrogen-bond donors (Lipinski definition) is 0. The first-order valence-electron chi connectivity index (χ1n) is 10.7. The number of benzene rings is 2. The second kappa shape index (κ2) is 10.3. The first-order valence-corrected chi connectivity index (χ1v) is 11.4. The van der Waals surface area contributed by atoms with E-state index in [1.807, 2.05) is 6.92 Å². The van der Waals surface area contributed by atoms with Gasteiger partial charge in [0.2, 0.25) is 0 Å². The smallest absolute Gasteiger partial charge is 0.359 e. The van der Waals surface area contributed by atoms with Gasteiger partial charge < -0.3 is 4.74 Å². The standard InChI is InChI=1S/C25H28Cl2N2O2/c1-5-7-8-16(3)18-9-11-19(12-10-18)24-17(4)23(25(30)31-6-2)28-29(24)22-14-13-20(26)15-21(22)27/h9-16H,5-8H2,1-4H3. The predicted octanol–water partition coefficient (Wildman–Crippen LogP) is 7.62. The fraction of sp³-hybridized carbons (Fsp3) is 0.360. The molecule has 0 aliphatic rings. The first-order chi connectivity index (χ1) is 14.9. The van der Waals surface area contributed by atoms with Gasteiger partial charge in [-0.05, 0) is 49.9 Å². The largest absolute Gasteiger partial charge is 0.461 e. The van der Waals surface area contributed by atoms with Crippen LogP contribution in [-0.2, 0) is 4.74 Å². The molecule has 6 heteroatoms. The van der Waals surface area contributed by atoms with E-state index >= 15 is 0 Å². The molecular weight excluding hydrogens is 431 g/mol.